The molecule has 3 aromatic carbocycles. The van der Waals surface area contributed by atoms with Crippen LogP contribution in [0.4, 0.5) is 10.1 Å². The average molecular weight is 609 g/mol. The van der Waals surface area contributed by atoms with Crippen molar-refractivity contribution in [3.63, 3.8) is 0 Å². The number of para-hydroxylation sites is 1. The molecule has 0 saturated carbocycles. The summed E-state index contributed by atoms with van der Waals surface area (Å²) in [4.78, 5) is 28.8. The van der Waals surface area contributed by atoms with E-state index in [9.17, 15) is 9.59 Å². The lowest BCUT2D eigenvalue weighted by Gasteiger charge is -2.33. The first-order valence-electron chi connectivity index (χ1n) is 13.5. The summed E-state index contributed by atoms with van der Waals surface area (Å²) in [6.07, 6.45) is 3.58. The standard InChI is InChI=1S/C31H30ClFN4O2S2/c1-19-14-15-25-27(17-19)37(20(2)38)31(39)36(25)18-28(40)35-16-7-3-4-13-26(35)30(41)34-29-22(10-8-12-24(29)33)21-9-5-6-11-23(21)32/h5-6,8-12,14-15,17,26H,3-4,7,13,16,18H2,1-2H3,(H,34,41)/t26-/m0/s1. The Morgan fingerprint density at radius 3 is 2.54 bits per heavy atom. The number of hydrogen-bond acceptors (Lipinski definition) is 4. The van der Waals surface area contributed by atoms with Crippen LogP contribution < -0.4 is 11.0 Å². The number of thiocarbonyl (C=S) groups is 2. The van der Waals surface area contributed by atoms with E-state index in [0.29, 0.717) is 43.7 Å². The normalized spacial score (nSPS) is 15.5. The molecule has 1 aliphatic heterocycles. The smallest absolute Gasteiger partial charge is 0.336 e. The minimum absolute atomic E-state index is 0.123. The lowest BCUT2D eigenvalue weighted by molar-refractivity contribution is 0.0936. The van der Waals surface area contributed by atoms with Crippen molar-refractivity contribution in [3.8, 4) is 11.1 Å². The molecule has 1 fully saturated rings. The van der Waals surface area contributed by atoms with E-state index in [2.05, 4.69) is 5.32 Å². The Labute approximate surface area is 253 Å². The molecular weight excluding hydrogens is 579 g/mol. The Kier molecular flexibility index (Phi) is 8.68. The summed E-state index contributed by atoms with van der Waals surface area (Å²) in [5.41, 5.74) is 3.28. The molecule has 6 nitrogen and oxygen atoms in total. The van der Waals surface area contributed by atoms with Crippen molar-refractivity contribution in [2.24, 2.45) is 0 Å². The second kappa shape index (κ2) is 12.2. The zero-order chi connectivity index (χ0) is 29.3. The van der Waals surface area contributed by atoms with Crippen molar-refractivity contribution >= 4 is 68.6 Å². The van der Waals surface area contributed by atoms with Gasteiger partial charge in [0.15, 0.2) is 0 Å². The van der Waals surface area contributed by atoms with Gasteiger partial charge < -0.3 is 10.2 Å². The van der Waals surface area contributed by atoms with Gasteiger partial charge in [-0.1, -0.05) is 85.3 Å². The number of rotatable bonds is 5. The molecule has 1 N–H and O–H groups in total. The van der Waals surface area contributed by atoms with Crippen molar-refractivity contribution in [3.05, 3.63) is 87.6 Å². The van der Waals surface area contributed by atoms with Crippen molar-refractivity contribution in [1.29, 1.82) is 0 Å². The van der Waals surface area contributed by atoms with Gasteiger partial charge in [0.25, 0.3) is 0 Å². The van der Waals surface area contributed by atoms with Gasteiger partial charge in [0.1, 0.15) is 10.8 Å². The molecule has 10 heteroatoms. The van der Waals surface area contributed by atoms with Gasteiger partial charge in [-0.3, -0.25) is 9.36 Å². The number of carbonyl (C=O) groups is 1. The third-order valence-electron chi connectivity index (χ3n) is 7.49. The summed E-state index contributed by atoms with van der Waals surface area (Å²) in [5.74, 6) is -0.793. The second-order valence-corrected chi connectivity index (χ2v) is 11.6. The summed E-state index contributed by atoms with van der Waals surface area (Å²) < 4.78 is 18.0. The lowest BCUT2D eigenvalue weighted by Crippen LogP contribution is -2.47. The molecule has 0 aliphatic carbocycles. The molecule has 0 unspecified atom stereocenters. The number of carbonyl (C=O) groups excluding carboxylic acids is 1. The van der Waals surface area contributed by atoms with Gasteiger partial charge >= 0.3 is 5.69 Å². The molecule has 212 valence electrons. The molecule has 0 bridgehead atoms. The number of benzene rings is 3. The Hall–Kier alpha value is -3.40. The van der Waals surface area contributed by atoms with Crippen molar-refractivity contribution < 1.29 is 9.18 Å². The zero-order valence-electron chi connectivity index (χ0n) is 22.8. The first-order valence-corrected chi connectivity index (χ1v) is 14.7. The fraction of sp³-hybridized carbons (Fsp3) is 0.290. The minimum atomic E-state index is -0.439. The van der Waals surface area contributed by atoms with Crippen LogP contribution in [0.15, 0.2) is 65.5 Å². The largest absolute Gasteiger partial charge is 0.355 e. The summed E-state index contributed by atoms with van der Waals surface area (Å²) in [6.45, 7) is 4.07. The highest BCUT2D eigenvalue weighted by atomic mass is 35.5. The van der Waals surface area contributed by atoms with Crippen LogP contribution in [0.1, 0.15) is 43.0 Å². The lowest BCUT2D eigenvalue weighted by atomic mass is 10.0. The van der Waals surface area contributed by atoms with Gasteiger partial charge in [-0.15, -0.1) is 0 Å². The van der Waals surface area contributed by atoms with Crippen LogP contribution in [0.2, 0.25) is 5.02 Å². The highest BCUT2D eigenvalue weighted by Crippen LogP contribution is 2.35. The number of anilines is 1. The third-order valence-corrected chi connectivity index (χ3v) is 8.56. The van der Waals surface area contributed by atoms with Crippen LogP contribution in [-0.2, 0) is 6.54 Å². The monoisotopic (exact) mass is 608 g/mol. The predicted molar refractivity (Wildman–Crippen MR) is 172 cm³/mol. The molecule has 4 aromatic rings. The Balaban J connectivity index is 1.46. The van der Waals surface area contributed by atoms with Crippen LogP contribution in [0, 0.1) is 12.7 Å². The summed E-state index contributed by atoms with van der Waals surface area (Å²) >= 11 is 18.3. The van der Waals surface area contributed by atoms with Gasteiger partial charge in [-0.25, -0.2) is 13.8 Å². The van der Waals surface area contributed by atoms with Gasteiger partial charge in [-0.05, 0) is 49.6 Å². The number of aromatic nitrogens is 2. The SMILES string of the molecule is CC(=O)n1c(=O)n(CC(=S)N2CCCCC[C@H]2C(=S)Nc2c(F)cccc2-c2ccccc2Cl)c2ccc(C)cc21. The number of nitrogens with zero attached hydrogens (tertiary/aromatic N) is 3. The van der Waals surface area contributed by atoms with Crippen LogP contribution in [0.5, 0.6) is 0 Å². The van der Waals surface area contributed by atoms with Crippen molar-refractivity contribution in [2.75, 3.05) is 11.9 Å². The maximum Gasteiger partial charge on any atom is 0.336 e. The van der Waals surface area contributed by atoms with Gasteiger partial charge in [-0.2, -0.15) is 0 Å². The van der Waals surface area contributed by atoms with Crippen LogP contribution in [0.25, 0.3) is 22.2 Å². The van der Waals surface area contributed by atoms with E-state index >= 15 is 4.39 Å². The van der Waals surface area contributed by atoms with Crippen molar-refractivity contribution in [2.45, 2.75) is 52.1 Å². The van der Waals surface area contributed by atoms with Gasteiger partial charge in [0.05, 0.1) is 34.3 Å². The minimum Gasteiger partial charge on any atom is -0.355 e. The first kappa shape index (κ1) is 29.1. The highest BCUT2D eigenvalue weighted by Gasteiger charge is 2.29. The second-order valence-electron chi connectivity index (χ2n) is 10.3. The van der Waals surface area contributed by atoms with Crippen molar-refractivity contribution in [1.82, 2.24) is 14.0 Å². The number of nitrogens with one attached hydrogen (secondary N) is 1. The van der Waals surface area contributed by atoms with Crippen LogP contribution in [-0.4, -0.2) is 42.5 Å². The summed E-state index contributed by atoms with van der Waals surface area (Å²) in [5, 5.41) is 3.71. The Morgan fingerprint density at radius 2 is 1.78 bits per heavy atom. The zero-order valence-corrected chi connectivity index (χ0v) is 25.2. The number of likely N-dealkylation sites (tertiary alicyclic amines) is 1. The number of fused-ring (bicyclic) bond motifs is 1. The molecule has 2 heterocycles. The molecule has 1 aromatic heterocycles. The number of imidazole rings is 1. The Bertz CT molecular complexity index is 1730. The molecule has 0 radical (unpaired) electrons. The van der Waals surface area contributed by atoms with Gasteiger partial charge in [0, 0.05) is 29.6 Å². The average Bonchev–Trinajstić information content (AvgIpc) is 3.07. The fourth-order valence-electron chi connectivity index (χ4n) is 5.49. The van der Waals surface area contributed by atoms with E-state index in [0.717, 1.165) is 31.2 Å². The van der Waals surface area contributed by atoms with Crippen LogP contribution in [0.3, 0.4) is 0 Å². The van der Waals surface area contributed by atoms with E-state index in [4.69, 9.17) is 36.0 Å². The number of aryl methyl sites for hydroxylation is 1. The van der Waals surface area contributed by atoms with E-state index < -0.39 is 11.5 Å². The maximum absolute atomic E-state index is 15.2. The quantitative estimate of drug-likeness (QED) is 0.241. The van der Waals surface area contributed by atoms with Gasteiger partial charge in [0.2, 0.25) is 5.91 Å². The molecule has 5 rings (SSSR count). The third kappa shape index (κ3) is 5.84. The maximum atomic E-state index is 15.2. The summed E-state index contributed by atoms with van der Waals surface area (Å²) in [7, 11) is 0. The molecular formula is C31H30ClFN4O2S2. The van der Waals surface area contributed by atoms with E-state index in [1.807, 2.05) is 54.3 Å². The number of hydrogen-bond donors (Lipinski definition) is 1. The summed E-state index contributed by atoms with van der Waals surface area (Å²) in [6, 6.07) is 17.4. The fourth-order valence-corrected chi connectivity index (χ4v) is 6.42. The Morgan fingerprint density at radius 1 is 1.02 bits per heavy atom. The molecule has 1 aliphatic rings. The first-order chi connectivity index (χ1) is 19.7. The highest BCUT2D eigenvalue weighted by molar-refractivity contribution is 7.81. The van der Waals surface area contributed by atoms with Crippen LogP contribution >= 0.6 is 36.0 Å². The molecule has 1 atom stereocenters. The van der Waals surface area contributed by atoms with E-state index in [1.165, 1.54) is 17.6 Å². The topological polar surface area (TPSA) is 59.3 Å². The van der Waals surface area contributed by atoms with E-state index in [1.54, 1.807) is 16.7 Å². The molecule has 0 amide bonds. The molecule has 0 spiro atoms. The predicted octanol–water partition coefficient (Wildman–Crippen LogP) is 7.24. The number of halogens is 2. The van der Waals surface area contributed by atoms with E-state index in [-0.39, 0.29) is 24.2 Å². The molecule has 1 saturated heterocycles. The molecule has 41 heavy (non-hydrogen) atoms.